The Morgan fingerprint density at radius 3 is 2.29 bits per heavy atom. The summed E-state index contributed by atoms with van der Waals surface area (Å²) in [5.41, 5.74) is 2.98. The minimum Gasteiger partial charge on any atom is -1.00 e. The van der Waals surface area contributed by atoms with Crippen molar-refractivity contribution in [1.82, 2.24) is 0 Å². The average molecular weight is 566 g/mol. The summed E-state index contributed by atoms with van der Waals surface area (Å²) in [7, 11) is -3.00. The van der Waals surface area contributed by atoms with E-state index in [9.17, 15) is 0 Å². The van der Waals surface area contributed by atoms with Gasteiger partial charge in [0.1, 0.15) is 0 Å². The Balaban J connectivity index is 0.00000160. The minimum atomic E-state index is -1.55. The van der Waals surface area contributed by atoms with E-state index in [1.807, 2.05) is 0 Å². The number of rotatable bonds is 6. The van der Waals surface area contributed by atoms with E-state index < -0.39 is 16.4 Å². The van der Waals surface area contributed by atoms with Gasteiger partial charge in [0.25, 0.3) is 0 Å². The van der Waals surface area contributed by atoms with Crippen molar-refractivity contribution in [3.8, 4) is 0 Å². The first-order valence-electron chi connectivity index (χ1n) is 10.4. The molecule has 3 aromatic rings. The van der Waals surface area contributed by atoms with Crippen LogP contribution in [0.25, 0.3) is 27.1 Å². The van der Waals surface area contributed by atoms with Crippen LogP contribution in [0, 0.1) is 0 Å². The number of hydrogen-bond donors (Lipinski definition) is 0. The summed E-state index contributed by atoms with van der Waals surface area (Å²) in [4.78, 5) is 0. The van der Waals surface area contributed by atoms with Crippen molar-refractivity contribution in [3.63, 3.8) is 0 Å². The summed E-state index contributed by atoms with van der Waals surface area (Å²) in [6, 6.07) is 19.2. The van der Waals surface area contributed by atoms with Gasteiger partial charge in [-0.1, -0.05) is 78.0 Å². The van der Waals surface area contributed by atoms with E-state index in [0.29, 0.717) is 0 Å². The van der Waals surface area contributed by atoms with Crippen molar-refractivity contribution in [2.45, 2.75) is 45.2 Å². The molecule has 0 unspecified atom stereocenters. The van der Waals surface area contributed by atoms with Crippen LogP contribution in [-0.2, 0) is 30.6 Å². The van der Waals surface area contributed by atoms with E-state index in [4.69, 9.17) is 4.43 Å². The average Bonchev–Trinajstić information content (AvgIpc) is 3.25. The second-order valence-electron chi connectivity index (χ2n) is 9.59. The van der Waals surface area contributed by atoms with Gasteiger partial charge in [0.15, 0.2) is 8.32 Å². The third kappa shape index (κ3) is 6.16. The van der Waals surface area contributed by atoms with Gasteiger partial charge >= 0.3 is 26.2 Å². The fourth-order valence-corrected chi connectivity index (χ4v) is 7.81. The van der Waals surface area contributed by atoms with Crippen LogP contribution < -0.4 is 24.8 Å². The van der Waals surface area contributed by atoms with Gasteiger partial charge in [-0.25, -0.2) is 0 Å². The summed E-state index contributed by atoms with van der Waals surface area (Å²) < 4.78 is 6.20. The van der Waals surface area contributed by atoms with Crippen LogP contribution in [0.3, 0.4) is 0 Å². The quantitative estimate of drug-likeness (QED) is 0.326. The Morgan fingerprint density at radius 2 is 1.58 bits per heavy atom. The third-order valence-electron chi connectivity index (χ3n) is 5.90. The monoisotopic (exact) mass is 563 g/mol. The van der Waals surface area contributed by atoms with Crippen LogP contribution in [0.1, 0.15) is 12.0 Å². The van der Waals surface area contributed by atoms with Gasteiger partial charge in [-0.2, -0.15) is 0 Å². The molecule has 0 fully saturated rings. The molecule has 0 spiro atoms. The molecule has 0 aromatic heterocycles. The van der Waals surface area contributed by atoms with Gasteiger partial charge in [0, 0.05) is 6.61 Å². The van der Waals surface area contributed by atoms with E-state index in [1.165, 1.54) is 33.2 Å². The van der Waals surface area contributed by atoms with Gasteiger partial charge in [0.2, 0.25) is 0 Å². The van der Waals surface area contributed by atoms with Crippen molar-refractivity contribution in [1.29, 1.82) is 0 Å². The van der Waals surface area contributed by atoms with Crippen LogP contribution in [0.4, 0.5) is 0 Å². The zero-order valence-corrected chi connectivity index (χ0v) is 25.0. The molecule has 1 nitrogen and oxygen atoms in total. The number of hydrogen-bond acceptors (Lipinski definition) is 1. The van der Waals surface area contributed by atoms with Crippen molar-refractivity contribution >= 4 is 43.5 Å². The SMILES string of the molecule is C[Si](C)(C)OCC[Si](C)(C)C1=C(c2cccc3c2[cH-]c2ccccc23)CC=C1.[Cl-].[Cl-].[Zr+3]. The molecule has 0 amide bonds. The van der Waals surface area contributed by atoms with E-state index >= 15 is 0 Å². The van der Waals surface area contributed by atoms with Crippen molar-refractivity contribution in [2.24, 2.45) is 0 Å². The first kappa shape index (κ1) is 28.7. The Labute approximate surface area is 220 Å². The first-order chi connectivity index (χ1) is 13.3. The van der Waals surface area contributed by atoms with Crippen LogP contribution in [0.15, 0.2) is 65.9 Å². The zero-order valence-electron chi connectivity index (χ0n) is 19.1. The van der Waals surface area contributed by atoms with Gasteiger partial charge in [-0.05, 0) is 32.1 Å². The maximum absolute atomic E-state index is 6.20. The normalized spacial score (nSPS) is 13.8. The Morgan fingerprint density at radius 1 is 0.903 bits per heavy atom. The molecule has 0 bridgehead atoms. The van der Waals surface area contributed by atoms with Gasteiger partial charge < -0.3 is 29.2 Å². The van der Waals surface area contributed by atoms with Crippen LogP contribution in [0.2, 0.25) is 38.8 Å². The fourth-order valence-electron chi connectivity index (χ4n) is 4.38. The zero-order chi connectivity index (χ0) is 19.9. The summed E-state index contributed by atoms with van der Waals surface area (Å²) in [6.07, 6.45) is 5.83. The summed E-state index contributed by atoms with van der Waals surface area (Å²) in [5, 5.41) is 7.12. The molecule has 6 heteroatoms. The molecule has 31 heavy (non-hydrogen) atoms. The number of halogens is 2. The summed E-state index contributed by atoms with van der Waals surface area (Å²) in [6.45, 7) is 12.8. The largest absolute Gasteiger partial charge is 3.00 e. The maximum atomic E-state index is 6.20. The van der Waals surface area contributed by atoms with Crippen molar-refractivity contribution in [3.05, 3.63) is 71.4 Å². The Hall–Kier alpha value is -0.353. The molecule has 3 aromatic carbocycles. The van der Waals surface area contributed by atoms with E-state index in [0.717, 1.165) is 13.0 Å². The topological polar surface area (TPSA) is 9.23 Å². The van der Waals surface area contributed by atoms with E-state index in [-0.39, 0.29) is 51.0 Å². The molecule has 163 valence electrons. The predicted molar refractivity (Wildman–Crippen MR) is 129 cm³/mol. The second-order valence-corrected chi connectivity index (χ2v) is 18.9. The standard InChI is InChI=1S/C25H31OSi2.2ClH.Zr/c1-27(2,3)26-16-17-28(4,5)25-15-9-14-23(25)22-13-8-12-21-20-11-7-6-10-19(20)18-24(21)22;;;/h6-13,15,18H,14,16-17H2,1-5H3;2*1H;/q-1;;;+3/p-2. The Kier molecular flexibility index (Phi) is 10.3. The molecule has 0 saturated heterocycles. The van der Waals surface area contributed by atoms with Crippen LogP contribution in [0.5, 0.6) is 0 Å². The predicted octanol–water partition coefficient (Wildman–Crippen LogP) is 1.53. The Bertz CT molecular complexity index is 1090. The first-order valence-corrected chi connectivity index (χ1v) is 17.0. The molecule has 0 saturated carbocycles. The molecular formula is C25H31Cl2OSi2Zr. The van der Waals surface area contributed by atoms with E-state index in [1.54, 1.807) is 10.8 Å². The number of allylic oxidation sites excluding steroid dienone is 4. The molecule has 0 aliphatic heterocycles. The fraction of sp³-hybridized carbons (Fsp3) is 0.320. The number of benzene rings is 2. The van der Waals surface area contributed by atoms with E-state index in [2.05, 4.69) is 93.4 Å². The minimum absolute atomic E-state index is 0. The van der Waals surface area contributed by atoms with Crippen molar-refractivity contribution < 1.29 is 55.4 Å². The molecule has 1 aliphatic carbocycles. The third-order valence-corrected chi connectivity index (χ3v) is 10.4. The van der Waals surface area contributed by atoms with Crippen LogP contribution in [-0.4, -0.2) is 23.0 Å². The summed E-state index contributed by atoms with van der Waals surface area (Å²) in [5.74, 6) is 0. The summed E-state index contributed by atoms with van der Waals surface area (Å²) >= 11 is 0. The molecular weight excluding hydrogens is 535 g/mol. The number of fused-ring (bicyclic) bond motifs is 3. The molecule has 0 heterocycles. The van der Waals surface area contributed by atoms with Crippen LogP contribution >= 0.6 is 0 Å². The molecule has 0 N–H and O–H groups in total. The van der Waals surface area contributed by atoms with Gasteiger partial charge in [-0.15, -0.1) is 33.7 Å². The maximum Gasteiger partial charge on any atom is 3.00 e. The molecule has 0 atom stereocenters. The molecule has 1 radical (unpaired) electrons. The molecule has 4 rings (SSSR count). The van der Waals surface area contributed by atoms with Crippen molar-refractivity contribution in [2.75, 3.05) is 6.61 Å². The van der Waals surface area contributed by atoms with Gasteiger partial charge in [0.05, 0.1) is 8.07 Å². The molecule has 1 aliphatic rings. The smallest absolute Gasteiger partial charge is 1.00 e. The second kappa shape index (κ2) is 11.2. The van der Waals surface area contributed by atoms with Gasteiger partial charge in [-0.3, -0.25) is 0 Å².